The number of nitrogens with zero attached hydrogens (tertiary/aromatic N) is 2. The maximum absolute atomic E-state index is 12.4. The van der Waals surface area contributed by atoms with E-state index in [1.807, 2.05) is 0 Å². The van der Waals surface area contributed by atoms with Crippen molar-refractivity contribution in [3.05, 3.63) is 58.5 Å². The van der Waals surface area contributed by atoms with Crippen molar-refractivity contribution < 1.29 is 23.0 Å². The van der Waals surface area contributed by atoms with E-state index in [-0.39, 0.29) is 30.2 Å². The number of carbonyl (C=O) groups is 1. The summed E-state index contributed by atoms with van der Waals surface area (Å²) in [5.41, 5.74) is 2.49. The van der Waals surface area contributed by atoms with Crippen LogP contribution in [0.2, 0.25) is 0 Å². The molecule has 7 nitrogen and oxygen atoms in total. The minimum absolute atomic E-state index is 0.0912. The molecule has 2 rings (SSSR count). The molecule has 0 atom stereocenters. The van der Waals surface area contributed by atoms with Crippen LogP contribution in [0.1, 0.15) is 12.5 Å². The van der Waals surface area contributed by atoms with Crippen molar-refractivity contribution in [2.24, 2.45) is 5.10 Å². The summed E-state index contributed by atoms with van der Waals surface area (Å²) in [7, 11) is 0. The molecule has 0 unspecified atom stereocenters. The Morgan fingerprint density at radius 2 is 2.12 bits per heavy atom. The number of hydrogen-bond donors (Lipinski definition) is 1. The topological polar surface area (TPSA) is 81.9 Å². The van der Waals surface area contributed by atoms with Gasteiger partial charge in [0.25, 0.3) is 11.5 Å². The van der Waals surface area contributed by atoms with Crippen molar-refractivity contribution in [2.45, 2.75) is 20.1 Å². The average Bonchev–Trinajstić information content (AvgIpc) is 2.59. The summed E-state index contributed by atoms with van der Waals surface area (Å²) in [6, 6.07) is 8.82. The molecule has 0 fully saturated rings. The molecule has 9 heteroatoms. The fourth-order valence-electron chi connectivity index (χ4n) is 2.03. The van der Waals surface area contributed by atoms with Crippen LogP contribution in [-0.2, 0) is 11.3 Å². The predicted molar refractivity (Wildman–Crippen MR) is 90.7 cm³/mol. The van der Waals surface area contributed by atoms with Crippen LogP contribution in [-0.4, -0.2) is 29.9 Å². The van der Waals surface area contributed by atoms with Crippen LogP contribution in [0.3, 0.4) is 0 Å². The Morgan fingerprint density at radius 3 is 2.81 bits per heavy atom. The second-order valence-corrected chi connectivity index (χ2v) is 4.98. The zero-order valence-electron chi connectivity index (χ0n) is 13.9. The van der Waals surface area contributed by atoms with Crippen LogP contribution in [0.15, 0.2) is 52.5 Å². The molecule has 0 saturated heterocycles. The number of benzene rings is 1. The smallest absolute Gasteiger partial charge is 0.387 e. The molecule has 1 amide bonds. The first-order chi connectivity index (χ1) is 12.5. The van der Waals surface area contributed by atoms with Crippen LogP contribution in [0.4, 0.5) is 8.78 Å². The lowest BCUT2D eigenvalue weighted by molar-refractivity contribution is -0.121. The van der Waals surface area contributed by atoms with E-state index in [1.165, 1.54) is 41.2 Å². The van der Waals surface area contributed by atoms with E-state index in [2.05, 4.69) is 15.3 Å². The van der Waals surface area contributed by atoms with Crippen LogP contribution in [0.5, 0.6) is 11.5 Å². The monoisotopic (exact) mass is 365 g/mol. The number of halogens is 2. The lowest BCUT2D eigenvalue weighted by Gasteiger charge is -2.11. The number of carbonyl (C=O) groups excluding carboxylic acids is 1. The SMILES string of the molecule is CCOc1cc(/C=N\NC(=O)Cn2ccccc2=O)ccc1OC(F)F. The maximum Gasteiger partial charge on any atom is 0.387 e. The maximum atomic E-state index is 12.4. The van der Waals surface area contributed by atoms with Crippen LogP contribution in [0, 0.1) is 0 Å². The third-order valence-electron chi connectivity index (χ3n) is 3.10. The summed E-state index contributed by atoms with van der Waals surface area (Å²) >= 11 is 0. The molecule has 0 aliphatic rings. The molecule has 0 aliphatic carbocycles. The van der Waals surface area contributed by atoms with Gasteiger partial charge in [-0.05, 0) is 36.8 Å². The third kappa shape index (κ3) is 5.69. The molecule has 0 bridgehead atoms. The quantitative estimate of drug-likeness (QED) is 0.573. The molecule has 1 aromatic carbocycles. The van der Waals surface area contributed by atoms with Gasteiger partial charge in [0.1, 0.15) is 6.54 Å². The Labute approximate surface area is 147 Å². The van der Waals surface area contributed by atoms with E-state index in [1.54, 1.807) is 19.1 Å². The highest BCUT2D eigenvalue weighted by molar-refractivity contribution is 5.83. The number of nitrogens with one attached hydrogen (secondary N) is 1. The normalized spacial score (nSPS) is 10.9. The van der Waals surface area contributed by atoms with Gasteiger partial charge in [-0.15, -0.1) is 0 Å². The molecule has 138 valence electrons. The van der Waals surface area contributed by atoms with Gasteiger partial charge in [0.2, 0.25) is 0 Å². The highest BCUT2D eigenvalue weighted by Crippen LogP contribution is 2.29. The van der Waals surface area contributed by atoms with E-state index in [9.17, 15) is 18.4 Å². The molecule has 26 heavy (non-hydrogen) atoms. The molecule has 0 spiro atoms. The minimum atomic E-state index is -2.96. The van der Waals surface area contributed by atoms with Crippen molar-refractivity contribution in [2.75, 3.05) is 6.61 Å². The Bertz CT molecular complexity index is 837. The first kappa shape index (κ1) is 19.1. The van der Waals surface area contributed by atoms with Gasteiger partial charge in [-0.2, -0.15) is 13.9 Å². The van der Waals surface area contributed by atoms with Gasteiger partial charge < -0.3 is 14.0 Å². The summed E-state index contributed by atoms with van der Waals surface area (Å²) in [6.07, 6.45) is 2.81. The minimum Gasteiger partial charge on any atom is -0.490 e. The second-order valence-electron chi connectivity index (χ2n) is 4.98. The molecule has 1 heterocycles. The van der Waals surface area contributed by atoms with Gasteiger partial charge in [0.05, 0.1) is 12.8 Å². The van der Waals surface area contributed by atoms with Crippen molar-refractivity contribution in [1.29, 1.82) is 0 Å². The number of hydrogen-bond acceptors (Lipinski definition) is 5. The highest BCUT2D eigenvalue weighted by atomic mass is 19.3. The lowest BCUT2D eigenvalue weighted by atomic mass is 10.2. The zero-order valence-corrected chi connectivity index (χ0v) is 13.9. The van der Waals surface area contributed by atoms with E-state index in [0.29, 0.717) is 5.56 Å². The summed E-state index contributed by atoms with van der Waals surface area (Å²) in [6.45, 7) is -1.17. The summed E-state index contributed by atoms with van der Waals surface area (Å²) < 4.78 is 35.6. The molecule has 0 aliphatic heterocycles. The fourth-order valence-corrected chi connectivity index (χ4v) is 2.03. The number of amides is 1. The summed E-state index contributed by atoms with van der Waals surface area (Å²) in [5, 5.41) is 3.77. The molecule has 0 radical (unpaired) electrons. The van der Waals surface area contributed by atoms with Gasteiger partial charge >= 0.3 is 6.61 Å². The molecule has 1 aromatic heterocycles. The first-order valence-corrected chi connectivity index (χ1v) is 7.68. The molecule has 1 N–H and O–H groups in total. The predicted octanol–water partition coefficient (Wildman–Crippen LogP) is 2.00. The van der Waals surface area contributed by atoms with Gasteiger partial charge in [-0.1, -0.05) is 6.07 Å². The third-order valence-corrected chi connectivity index (χ3v) is 3.10. The fraction of sp³-hybridized carbons (Fsp3) is 0.235. The molecular formula is C17H17F2N3O4. The van der Waals surface area contributed by atoms with Gasteiger partial charge in [-0.25, -0.2) is 5.43 Å². The van der Waals surface area contributed by atoms with Crippen molar-refractivity contribution in [1.82, 2.24) is 9.99 Å². The number of alkyl halides is 2. The molecular weight excluding hydrogens is 348 g/mol. The second kappa shape index (κ2) is 9.30. The number of hydrazone groups is 1. The van der Waals surface area contributed by atoms with E-state index in [4.69, 9.17) is 4.74 Å². The van der Waals surface area contributed by atoms with Crippen LogP contribution in [0.25, 0.3) is 0 Å². The van der Waals surface area contributed by atoms with Crippen molar-refractivity contribution in [3.63, 3.8) is 0 Å². The molecule has 0 saturated carbocycles. The lowest BCUT2D eigenvalue weighted by Crippen LogP contribution is -2.28. The Kier molecular flexibility index (Phi) is 6.84. The largest absolute Gasteiger partial charge is 0.490 e. The van der Waals surface area contributed by atoms with Gasteiger partial charge in [-0.3, -0.25) is 9.59 Å². The standard InChI is InChI=1S/C17H17F2N3O4/c1-2-25-14-9-12(6-7-13(14)26-17(18)19)10-20-21-15(23)11-22-8-4-3-5-16(22)24/h3-10,17H,2,11H2,1H3,(H,21,23)/b20-10-. The van der Waals surface area contributed by atoms with Gasteiger partial charge in [0, 0.05) is 12.3 Å². The number of aromatic nitrogens is 1. The average molecular weight is 365 g/mol. The summed E-state index contributed by atoms with van der Waals surface area (Å²) in [5.74, 6) is -0.442. The van der Waals surface area contributed by atoms with Crippen LogP contribution < -0.4 is 20.5 Å². The first-order valence-electron chi connectivity index (χ1n) is 7.68. The zero-order chi connectivity index (χ0) is 18.9. The van der Waals surface area contributed by atoms with Gasteiger partial charge in [0.15, 0.2) is 11.5 Å². The number of rotatable bonds is 8. The van der Waals surface area contributed by atoms with E-state index >= 15 is 0 Å². The van der Waals surface area contributed by atoms with Crippen molar-refractivity contribution in [3.8, 4) is 11.5 Å². The Morgan fingerprint density at radius 1 is 1.31 bits per heavy atom. The van der Waals surface area contributed by atoms with E-state index in [0.717, 1.165) is 0 Å². The van der Waals surface area contributed by atoms with Crippen LogP contribution >= 0.6 is 0 Å². The summed E-state index contributed by atoms with van der Waals surface area (Å²) in [4.78, 5) is 23.3. The molecule has 2 aromatic rings. The number of ether oxygens (including phenoxy) is 2. The van der Waals surface area contributed by atoms with Crippen molar-refractivity contribution >= 4 is 12.1 Å². The highest BCUT2D eigenvalue weighted by Gasteiger charge is 2.11. The number of pyridine rings is 1. The Hall–Kier alpha value is -3.23. The van der Waals surface area contributed by atoms with E-state index < -0.39 is 12.5 Å². The Balaban J connectivity index is 2.01.